The minimum atomic E-state index is -0.534. The van der Waals surface area contributed by atoms with Gasteiger partial charge in [0.25, 0.3) is 5.70 Å². The highest BCUT2D eigenvalue weighted by Crippen LogP contribution is 2.27. The second kappa shape index (κ2) is 4.17. The molecule has 1 heterocycles. The van der Waals surface area contributed by atoms with E-state index in [4.69, 9.17) is 4.74 Å². The van der Waals surface area contributed by atoms with Crippen LogP contribution in [0.2, 0.25) is 0 Å². The maximum atomic E-state index is 12.3. The van der Waals surface area contributed by atoms with Crippen molar-refractivity contribution in [3.8, 4) is 0 Å². The van der Waals surface area contributed by atoms with Crippen LogP contribution in [0, 0.1) is 5.41 Å². The quantitative estimate of drug-likeness (QED) is 0.457. The van der Waals surface area contributed by atoms with Gasteiger partial charge in [-0.25, -0.2) is 0 Å². The summed E-state index contributed by atoms with van der Waals surface area (Å²) in [5, 5.41) is 9.38. The van der Waals surface area contributed by atoms with Gasteiger partial charge in [0.05, 0.1) is 6.92 Å². The molecule has 0 unspecified atom stereocenters. The number of ether oxygens (including phenoxy) is 1. The van der Waals surface area contributed by atoms with E-state index < -0.39 is 5.41 Å². The number of carbonyl (C=O) groups excluding carboxylic acids is 1. The normalized spacial score (nSPS) is 20.5. The van der Waals surface area contributed by atoms with E-state index in [0.29, 0.717) is 12.5 Å². The summed E-state index contributed by atoms with van der Waals surface area (Å²) >= 11 is 0. The van der Waals surface area contributed by atoms with Gasteiger partial charge in [-0.1, -0.05) is 20.8 Å². The molecular weight excluding hydrogens is 218 g/mol. The van der Waals surface area contributed by atoms with E-state index in [0.717, 1.165) is 6.26 Å². The Morgan fingerprint density at radius 2 is 2.00 bits per heavy atom. The highest BCUT2D eigenvalue weighted by Gasteiger charge is 2.47. The van der Waals surface area contributed by atoms with Crippen molar-refractivity contribution >= 4 is 11.7 Å². The maximum absolute atomic E-state index is 12.3. The van der Waals surface area contributed by atoms with Gasteiger partial charge in [0, 0.05) is 19.3 Å². The average molecular weight is 240 g/mol. The van der Waals surface area contributed by atoms with E-state index in [1.54, 1.807) is 11.5 Å². The molecule has 0 aromatic carbocycles. The van der Waals surface area contributed by atoms with E-state index in [9.17, 15) is 9.90 Å². The van der Waals surface area contributed by atoms with E-state index in [-0.39, 0.29) is 17.0 Å². The third-order valence-corrected chi connectivity index (χ3v) is 2.83. The van der Waals surface area contributed by atoms with Gasteiger partial charge in [-0.05, 0) is 0 Å². The van der Waals surface area contributed by atoms with Crippen molar-refractivity contribution in [2.45, 2.75) is 47.1 Å². The smallest absolute Gasteiger partial charge is 0.339 e. The lowest BCUT2D eigenvalue weighted by molar-refractivity contribution is -0.540. The third kappa shape index (κ3) is 2.51. The van der Waals surface area contributed by atoms with Crippen LogP contribution in [-0.2, 0) is 9.53 Å². The van der Waals surface area contributed by atoms with Gasteiger partial charge in [0.15, 0.2) is 18.4 Å². The van der Waals surface area contributed by atoms with Gasteiger partial charge in [0.1, 0.15) is 0 Å². The van der Waals surface area contributed by atoms with Gasteiger partial charge >= 0.3 is 5.90 Å². The van der Waals surface area contributed by atoms with Gasteiger partial charge in [-0.15, -0.1) is 0 Å². The fourth-order valence-corrected chi connectivity index (χ4v) is 1.93. The Morgan fingerprint density at radius 3 is 2.29 bits per heavy atom. The van der Waals surface area contributed by atoms with Gasteiger partial charge < -0.3 is 9.84 Å². The standard InChI is InChI=1S/C13H21NO3/c1-9-14(13(5,6)8-17-9)10(7-15)11(16)12(2,3)4/h7H,8H2,1-6H3/p+1. The molecule has 0 aromatic rings. The molecule has 1 aliphatic heterocycles. The van der Waals surface area contributed by atoms with Crippen molar-refractivity contribution in [1.29, 1.82) is 0 Å². The highest BCUT2D eigenvalue weighted by atomic mass is 16.5. The van der Waals surface area contributed by atoms with Crippen LogP contribution in [0.1, 0.15) is 41.5 Å². The Bertz CT molecular complexity index is 397. The zero-order chi connectivity index (χ0) is 13.4. The molecule has 0 bridgehead atoms. The molecule has 0 aliphatic carbocycles. The average Bonchev–Trinajstić information content (AvgIpc) is 2.44. The summed E-state index contributed by atoms with van der Waals surface area (Å²) < 4.78 is 7.23. The summed E-state index contributed by atoms with van der Waals surface area (Å²) in [4.78, 5) is 12.3. The molecule has 0 amide bonds. The number of rotatable bonds is 2. The lowest BCUT2D eigenvalue weighted by atomic mass is 9.88. The zero-order valence-electron chi connectivity index (χ0n) is 11.5. The molecule has 0 radical (unpaired) electrons. The van der Waals surface area contributed by atoms with Crippen LogP contribution < -0.4 is 0 Å². The van der Waals surface area contributed by atoms with Crippen molar-refractivity contribution in [2.75, 3.05) is 6.61 Å². The van der Waals surface area contributed by atoms with Crippen LogP contribution in [-0.4, -0.2) is 33.5 Å². The number of ketones is 1. The number of nitrogens with zero attached hydrogens (tertiary/aromatic N) is 1. The van der Waals surface area contributed by atoms with Crippen molar-refractivity contribution in [3.05, 3.63) is 12.0 Å². The maximum Gasteiger partial charge on any atom is 0.339 e. The number of aliphatic hydroxyl groups excluding tert-OH is 1. The topological polar surface area (TPSA) is 49.5 Å². The summed E-state index contributed by atoms with van der Waals surface area (Å²) in [6, 6.07) is 0. The number of hydrogen-bond donors (Lipinski definition) is 1. The number of Topliss-reactive ketones (excluding diaryl/α,β-unsaturated/α-hetero) is 1. The number of allylic oxidation sites excluding steroid dienone is 1. The lowest BCUT2D eigenvalue weighted by Gasteiger charge is -2.20. The lowest BCUT2D eigenvalue weighted by Crippen LogP contribution is -2.40. The Hall–Kier alpha value is -1.32. The summed E-state index contributed by atoms with van der Waals surface area (Å²) in [5.74, 6) is 0.547. The van der Waals surface area contributed by atoms with Crippen molar-refractivity contribution in [1.82, 2.24) is 0 Å². The van der Waals surface area contributed by atoms with Crippen LogP contribution in [0.15, 0.2) is 12.0 Å². The van der Waals surface area contributed by atoms with Gasteiger partial charge in [-0.3, -0.25) is 4.79 Å². The predicted molar refractivity (Wildman–Crippen MR) is 66.1 cm³/mol. The molecule has 0 spiro atoms. The summed E-state index contributed by atoms with van der Waals surface area (Å²) in [6.45, 7) is 11.8. The zero-order valence-corrected chi connectivity index (χ0v) is 11.5. The monoisotopic (exact) mass is 240 g/mol. The first-order valence-corrected chi connectivity index (χ1v) is 5.77. The number of carbonyl (C=O) groups is 1. The summed E-state index contributed by atoms with van der Waals surface area (Å²) in [7, 11) is 0. The fourth-order valence-electron chi connectivity index (χ4n) is 1.93. The summed E-state index contributed by atoms with van der Waals surface area (Å²) in [6.07, 6.45) is 0.882. The molecular formula is C13H22NO3+. The predicted octanol–water partition coefficient (Wildman–Crippen LogP) is 2.24. The first kappa shape index (κ1) is 13.7. The van der Waals surface area contributed by atoms with Gasteiger partial charge in [0.2, 0.25) is 5.78 Å². The first-order valence-electron chi connectivity index (χ1n) is 5.77. The molecule has 0 aromatic heterocycles. The molecule has 1 rings (SSSR count). The highest BCUT2D eigenvalue weighted by molar-refractivity contribution is 5.97. The van der Waals surface area contributed by atoms with E-state index in [1.165, 1.54) is 0 Å². The Kier molecular flexibility index (Phi) is 3.37. The Balaban J connectivity index is 3.23. The molecule has 0 saturated carbocycles. The van der Waals surface area contributed by atoms with E-state index in [1.807, 2.05) is 34.6 Å². The molecule has 1 aliphatic rings. The fraction of sp³-hybridized carbons (Fsp3) is 0.692. The second-order valence-electron chi connectivity index (χ2n) is 6.05. The van der Waals surface area contributed by atoms with Crippen LogP contribution in [0.25, 0.3) is 0 Å². The minimum Gasteiger partial charge on any atom is -0.509 e. The SMILES string of the molecule is CC1=[N+](/C(=C\O)C(=O)C(C)(C)C)C(C)(C)CO1. The molecule has 17 heavy (non-hydrogen) atoms. The molecule has 4 nitrogen and oxygen atoms in total. The Labute approximate surface area is 103 Å². The third-order valence-electron chi connectivity index (χ3n) is 2.83. The Morgan fingerprint density at radius 1 is 1.47 bits per heavy atom. The van der Waals surface area contributed by atoms with Crippen LogP contribution in [0.5, 0.6) is 0 Å². The molecule has 96 valence electrons. The van der Waals surface area contributed by atoms with Crippen molar-refractivity contribution in [3.63, 3.8) is 0 Å². The van der Waals surface area contributed by atoms with E-state index >= 15 is 0 Å². The van der Waals surface area contributed by atoms with Crippen molar-refractivity contribution < 1.29 is 19.2 Å². The first-order chi connectivity index (χ1) is 7.61. The van der Waals surface area contributed by atoms with Crippen molar-refractivity contribution in [2.24, 2.45) is 5.41 Å². The molecule has 1 N–H and O–H groups in total. The molecule has 4 heteroatoms. The number of hydrogen-bond acceptors (Lipinski definition) is 3. The molecule has 0 atom stereocenters. The van der Waals surface area contributed by atoms with Crippen LogP contribution in [0.4, 0.5) is 0 Å². The van der Waals surface area contributed by atoms with E-state index in [2.05, 4.69) is 0 Å². The van der Waals surface area contributed by atoms with Gasteiger partial charge in [-0.2, -0.15) is 4.58 Å². The summed E-state index contributed by atoms with van der Waals surface area (Å²) in [5.41, 5.74) is -0.565. The largest absolute Gasteiger partial charge is 0.509 e. The minimum absolute atomic E-state index is 0.0991. The van der Waals surface area contributed by atoms with Crippen LogP contribution >= 0.6 is 0 Å². The number of aliphatic hydroxyl groups is 1. The van der Waals surface area contributed by atoms with Crippen LogP contribution in [0.3, 0.4) is 0 Å². The molecule has 0 fully saturated rings. The second-order valence-corrected chi connectivity index (χ2v) is 6.05. The molecule has 0 saturated heterocycles.